The van der Waals surface area contributed by atoms with E-state index in [4.69, 9.17) is 0 Å². The Labute approximate surface area is 287 Å². The summed E-state index contributed by atoms with van der Waals surface area (Å²) in [7, 11) is 0. The lowest BCUT2D eigenvalue weighted by atomic mass is 9.77. The topological polar surface area (TPSA) is 84.5 Å². The highest BCUT2D eigenvalue weighted by Crippen LogP contribution is 2.39. The molecule has 0 saturated carbocycles. The number of carbonyl (C=O) groups is 3. The first-order valence-electron chi connectivity index (χ1n) is 15.5. The van der Waals surface area contributed by atoms with Crippen molar-refractivity contribution in [2.75, 3.05) is 6.54 Å². The Morgan fingerprint density at radius 2 is 1.43 bits per heavy atom. The molecule has 0 aliphatic carbocycles. The molecule has 0 unspecified atom stereocenters. The van der Waals surface area contributed by atoms with E-state index in [2.05, 4.69) is 15.4 Å². The van der Waals surface area contributed by atoms with Gasteiger partial charge in [0.2, 0.25) is 0 Å². The van der Waals surface area contributed by atoms with Crippen molar-refractivity contribution in [3.63, 3.8) is 0 Å². The summed E-state index contributed by atoms with van der Waals surface area (Å²) in [5.41, 5.74) is -3.33. The van der Waals surface area contributed by atoms with Crippen LogP contribution in [-0.2, 0) is 22.9 Å². The third-order valence-corrected chi connectivity index (χ3v) is 7.95. The average Bonchev–Trinajstić information content (AvgIpc) is 3.05. The monoisotopic (exact) mass is 720 g/mol. The van der Waals surface area contributed by atoms with E-state index in [0.717, 1.165) is 24.3 Å². The van der Waals surface area contributed by atoms with E-state index in [1.807, 2.05) is 0 Å². The molecule has 2 N–H and O–H groups in total. The molecule has 0 heterocycles. The number of Topliss-reactive ketones (excluding diaryl/α,β-unsaturated/α-hetero) is 1. The van der Waals surface area contributed by atoms with Gasteiger partial charge >= 0.3 is 18.7 Å². The molecule has 0 spiro atoms. The number of carbonyl (C=O) groups excluding carboxylic acids is 3. The minimum Gasteiger partial charge on any atom is -0.428 e. The lowest BCUT2D eigenvalue weighted by Gasteiger charge is -2.37. The summed E-state index contributed by atoms with van der Waals surface area (Å²) in [4.78, 5) is 38.0. The smallest absolute Gasteiger partial charge is 0.428 e. The standard InChI is InChI=1S/C37H32F8N2O4/c1-22-10-11-26(17-31(22)36(41,42)43)33(50)47-35(21-24-8-4-3-5-9-24,28-18-29(38)20-30(19-28)51-37(44,45)34(39)40)27-14-12-25(13-15-27)32(49)46-16-6-7-23(2)48/h3-5,8-15,17-20,34H,6-7,16,21H2,1-2H3,(H,46,49)(H,47,50)/t35-/m1/s1. The van der Waals surface area contributed by atoms with Crippen molar-refractivity contribution in [1.82, 2.24) is 10.6 Å². The van der Waals surface area contributed by atoms with Crippen molar-refractivity contribution in [3.8, 4) is 5.75 Å². The largest absolute Gasteiger partial charge is 0.461 e. The lowest BCUT2D eigenvalue weighted by Crippen LogP contribution is -2.49. The Balaban J connectivity index is 1.91. The Morgan fingerprint density at radius 3 is 2.04 bits per heavy atom. The maximum absolute atomic E-state index is 15.2. The first-order valence-corrected chi connectivity index (χ1v) is 15.5. The van der Waals surface area contributed by atoms with Crippen LogP contribution in [0.1, 0.15) is 68.3 Å². The highest BCUT2D eigenvalue weighted by molar-refractivity contribution is 5.96. The molecule has 6 nitrogen and oxygen atoms in total. The van der Waals surface area contributed by atoms with Crippen molar-refractivity contribution in [1.29, 1.82) is 0 Å². The van der Waals surface area contributed by atoms with E-state index in [1.165, 1.54) is 38.1 Å². The Bertz CT molecular complexity index is 1870. The number of amides is 2. The van der Waals surface area contributed by atoms with Crippen molar-refractivity contribution in [2.24, 2.45) is 0 Å². The van der Waals surface area contributed by atoms with Crippen molar-refractivity contribution in [3.05, 3.63) is 136 Å². The predicted octanol–water partition coefficient (Wildman–Crippen LogP) is 8.40. The minimum absolute atomic E-state index is 0.0606. The van der Waals surface area contributed by atoms with Crippen molar-refractivity contribution in [2.45, 2.75) is 57.4 Å². The second-order valence-corrected chi connectivity index (χ2v) is 11.8. The average molecular weight is 721 g/mol. The zero-order valence-corrected chi connectivity index (χ0v) is 27.2. The van der Waals surface area contributed by atoms with Gasteiger partial charge in [0.15, 0.2) is 0 Å². The molecule has 14 heteroatoms. The van der Waals surface area contributed by atoms with E-state index >= 15 is 4.39 Å². The van der Waals surface area contributed by atoms with Crippen LogP contribution in [0.5, 0.6) is 5.75 Å². The highest BCUT2D eigenvalue weighted by atomic mass is 19.4. The summed E-state index contributed by atoms with van der Waals surface area (Å²) in [5.74, 6) is -3.94. The number of halogens is 8. The molecular weight excluding hydrogens is 688 g/mol. The molecule has 0 aliphatic heterocycles. The number of hydrogen-bond donors (Lipinski definition) is 2. The van der Waals surface area contributed by atoms with Gasteiger partial charge in [0.05, 0.1) is 11.1 Å². The van der Waals surface area contributed by atoms with Gasteiger partial charge < -0.3 is 20.2 Å². The molecule has 0 fully saturated rings. The van der Waals surface area contributed by atoms with E-state index < -0.39 is 58.8 Å². The van der Waals surface area contributed by atoms with E-state index in [0.29, 0.717) is 24.1 Å². The Morgan fingerprint density at radius 1 is 0.784 bits per heavy atom. The fourth-order valence-corrected chi connectivity index (χ4v) is 5.41. The summed E-state index contributed by atoms with van der Waals surface area (Å²) in [6.07, 6.45) is -13.8. The molecule has 4 rings (SSSR count). The molecule has 4 aromatic carbocycles. The normalized spacial score (nSPS) is 13.0. The molecule has 4 aromatic rings. The number of alkyl halides is 7. The molecule has 51 heavy (non-hydrogen) atoms. The summed E-state index contributed by atoms with van der Waals surface area (Å²) in [6.45, 7) is 2.79. The lowest BCUT2D eigenvalue weighted by molar-refractivity contribution is -0.253. The molecule has 0 saturated heterocycles. The molecule has 0 bridgehead atoms. The SMILES string of the molecule is CC(=O)CCCNC(=O)c1ccc([C@@](Cc2ccccc2)(NC(=O)c2ccc(C)c(C(F)(F)F)c2)c2cc(F)cc(OC(F)(F)C(F)F)c2)cc1. The number of nitrogens with one attached hydrogen (secondary N) is 2. The van der Waals surface area contributed by atoms with Gasteiger partial charge in [-0.1, -0.05) is 48.5 Å². The van der Waals surface area contributed by atoms with Crippen LogP contribution in [0.3, 0.4) is 0 Å². The summed E-state index contributed by atoms with van der Waals surface area (Å²) in [5, 5.41) is 5.32. The van der Waals surface area contributed by atoms with Crippen LogP contribution in [0.4, 0.5) is 35.1 Å². The zero-order chi connectivity index (χ0) is 37.6. The molecule has 1 atom stereocenters. The molecule has 2 amide bonds. The van der Waals surface area contributed by atoms with Gasteiger partial charge in [0.1, 0.15) is 17.3 Å². The summed E-state index contributed by atoms with van der Waals surface area (Å²) >= 11 is 0. The van der Waals surface area contributed by atoms with E-state index in [-0.39, 0.29) is 47.4 Å². The number of ketones is 1. The van der Waals surface area contributed by atoms with Gasteiger partial charge in [-0.15, -0.1) is 0 Å². The van der Waals surface area contributed by atoms with Gasteiger partial charge in [-0.3, -0.25) is 9.59 Å². The second-order valence-electron chi connectivity index (χ2n) is 11.8. The van der Waals surface area contributed by atoms with Gasteiger partial charge in [-0.2, -0.15) is 30.7 Å². The third-order valence-electron chi connectivity index (χ3n) is 7.95. The van der Waals surface area contributed by atoms with Gasteiger partial charge in [-0.25, -0.2) is 4.39 Å². The van der Waals surface area contributed by atoms with Gasteiger partial charge in [-0.05, 0) is 78.9 Å². The fraction of sp³-hybridized carbons (Fsp3) is 0.270. The molecule has 270 valence electrons. The zero-order valence-electron chi connectivity index (χ0n) is 27.2. The van der Waals surface area contributed by atoms with Crippen LogP contribution in [0, 0.1) is 12.7 Å². The number of benzene rings is 4. The Kier molecular flexibility index (Phi) is 11.9. The minimum atomic E-state index is -5.04. The van der Waals surface area contributed by atoms with Crippen LogP contribution in [-0.4, -0.2) is 36.7 Å². The quantitative estimate of drug-likeness (QED) is 0.101. The van der Waals surface area contributed by atoms with Crippen LogP contribution in [0.15, 0.2) is 91.0 Å². The van der Waals surface area contributed by atoms with Gasteiger partial charge in [0.25, 0.3) is 11.8 Å². The first kappa shape index (κ1) is 38.5. The van der Waals surface area contributed by atoms with Crippen molar-refractivity contribution >= 4 is 17.6 Å². The Hall–Kier alpha value is -5.27. The maximum Gasteiger partial charge on any atom is 0.461 e. The molecule has 0 aromatic heterocycles. The van der Waals surface area contributed by atoms with E-state index in [9.17, 15) is 45.1 Å². The number of ether oxygens (including phenoxy) is 1. The maximum atomic E-state index is 15.2. The van der Waals surface area contributed by atoms with Crippen LogP contribution >= 0.6 is 0 Å². The van der Waals surface area contributed by atoms with Crippen molar-refractivity contribution < 1.29 is 54.2 Å². The first-order chi connectivity index (χ1) is 23.9. The van der Waals surface area contributed by atoms with Gasteiger partial charge in [0, 0.05) is 36.6 Å². The van der Waals surface area contributed by atoms with Crippen LogP contribution in [0.2, 0.25) is 0 Å². The molecule has 0 radical (unpaired) electrons. The summed E-state index contributed by atoms with van der Waals surface area (Å²) in [6, 6.07) is 18.5. The third kappa shape index (κ3) is 9.71. The number of hydrogen-bond acceptors (Lipinski definition) is 4. The predicted molar refractivity (Wildman–Crippen MR) is 171 cm³/mol. The second kappa shape index (κ2) is 15.7. The molecule has 0 aliphatic rings. The summed E-state index contributed by atoms with van der Waals surface area (Å²) < 4.78 is 115. The van der Waals surface area contributed by atoms with Crippen LogP contribution in [0.25, 0.3) is 0 Å². The molecular formula is C37H32F8N2O4. The number of aryl methyl sites for hydroxylation is 1. The fourth-order valence-electron chi connectivity index (χ4n) is 5.41. The van der Waals surface area contributed by atoms with Crippen LogP contribution < -0.4 is 15.4 Å². The number of rotatable bonds is 14. The highest BCUT2D eigenvalue weighted by Gasteiger charge is 2.45. The van der Waals surface area contributed by atoms with E-state index in [1.54, 1.807) is 30.3 Å².